The van der Waals surface area contributed by atoms with Crippen LogP contribution in [-0.2, 0) is 21.3 Å². The molecule has 1 aromatic rings. The lowest BCUT2D eigenvalue weighted by molar-refractivity contribution is -0.136. The third-order valence-electron chi connectivity index (χ3n) is 2.07. The van der Waals surface area contributed by atoms with Gasteiger partial charge in [0.05, 0.1) is 10.2 Å². The summed E-state index contributed by atoms with van der Waals surface area (Å²) in [6.07, 6.45) is 0. The van der Waals surface area contributed by atoms with Gasteiger partial charge in [-0.15, -0.1) is 0 Å². The van der Waals surface area contributed by atoms with Crippen molar-refractivity contribution in [2.45, 2.75) is 17.9 Å². The maximum atomic E-state index is 13.1. The number of hydrogen-bond acceptors (Lipinski definition) is 2. The van der Waals surface area contributed by atoms with E-state index in [1.807, 2.05) is 0 Å². The second kappa shape index (κ2) is 5.54. The number of carboxylic acid groups (broad SMARTS) is 1. The summed E-state index contributed by atoms with van der Waals surface area (Å²) in [5, 5.41) is 7.71. The van der Waals surface area contributed by atoms with E-state index in [2.05, 4.69) is 15.9 Å². The lowest BCUT2D eigenvalue weighted by atomic mass is 10.2. The number of rotatable bonds is 4. The van der Waals surface area contributed by atoms with Crippen LogP contribution in [0.25, 0.3) is 0 Å². The fraction of sp³-hybridized carbons (Fsp3) is 0.300. The Balaban J connectivity index is 2.85. The second-order valence-electron chi connectivity index (χ2n) is 3.22. The predicted molar refractivity (Wildman–Crippen MR) is 63.0 cm³/mol. The minimum Gasteiger partial charge on any atom is -0.480 e. The summed E-state index contributed by atoms with van der Waals surface area (Å²) >= 11 is 3.04. The molecule has 0 heterocycles. The van der Waals surface area contributed by atoms with Gasteiger partial charge in [-0.3, -0.25) is 9.00 Å². The first-order valence-electron chi connectivity index (χ1n) is 4.46. The zero-order valence-corrected chi connectivity index (χ0v) is 10.8. The van der Waals surface area contributed by atoms with Crippen molar-refractivity contribution >= 4 is 32.7 Å². The largest absolute Gasteiger partial charge is 0.480 e. The molecule has 88 valence electrons. The van der Waals surface area contributed by atoms with Gasteiger partial charge in [0.2, 0.25) is 0 Å². The van der Waals surface area contributed by atoms with Gasteiger partial charge in [-0.25, -0.2) is 4.39 Å². The highest BCUT2D eigenvalue weighted by Crippen LogP contribution is 2.22. The van der Waals surface area contributed by atoms with E-state index in [0.29, 0.717) is 5.56 Å². The summed E-state index contributed by atoms with van der Waals surface area (Å²) in [5.41, 5.74) is 0.506. The van der Waals surface area contributed by atoms with E-state index in [1.54, 1.807) is 6.07 Å². The van der Waals surface area contributed by atoms with E-state index in [-0.39, 0.29) is 10.2 Å². The van der Waals surface area contributed by atoms with Crippen LogP contribution in [0, 0.1) is 5.82 Å². The Morgan fingerprint density at radius 3 is 2.81 bits per heavy atom. The van der Waals surface area contributed by atoms with E-state index in [9.17, 15) is 13.4 Å². The highest BCUT2D eigenvalue weighted by atomic mass is 79.9. The molecule has 2 unspecified atom stereocenters. The van der Waals surface area contributed by atoms with Crippen LogP contribution < -0.4 is 0 Å². The molecule has 0 aliphatic heterocycles. The Hall–Kier alpha value is -0.750. The van der Waals surface area contributed by atoms with Crippen LogP contribution >= 0.6 is 15.9 Å². The molecule has 1 N–H and O–H groups in total. The Bertz CT molecular complexity index is 436. The molecule has 0 aliphatic rings. The van der Waals surface area contributed by atoms with Gasteiger partial charge in [0.15, 0.2) is 0 Å². The van der Waals surface area contributed by atoms with Crippen molar-refractivity contribution in [2.75, 3.05) is 0 Å². The Morgan fingerprint density at radius 1 is 1.62 bits per heavy atom. The fourth-order valence-corrected chi connectivity index (χ4v) is 2.66. The van der Waals surface area contributed by atoms with Crippen molar-refractivity contribution in [3.05, 3.63) is 34.1 Å². The van der Waals surface area contributed by atoms with Gasteiger partial charge >= 0.3 is 5.97 Å². The molecule has 0 spiro atoms. The Kier molecular flexibility index (Phi) is 4.61. The van der Waals surface area contributed by atoms with Crippen LogP contribution in [0.5, 0.6) is 0 Å². The fourth-order valence-electron chi connectivity index (χ4n) is 1.05. The zero-order valence-electron chi connectivity index (χ0n) is 8.44. The summed E-state index contributed by atoms with van der Waals surface area (Å²) in [5.74, 6) is -1.55. The van der Waals surface area contributed by atoms with Gasteiger partial charge in [0.1, 0.15) is 11.1 Å². The normalized spacial score (nSPS) is 14.4. The maximum absolute atomic E-state index is 13.1. The predicted octanol–water partition coefficient (Wildman–Crippen LogP) is 2.31. The average molecular weight is 309 g/mol. The van der Waals surface area contributed by atoms with Crippen LogP contribution in [0.15, 0.2) is 22.7 Å². The summed E-state index contributed by atoms with van der Waals surface area (Å²) in [6, 6.07) is 4.38. The molecule has 0 amide bonds. The monoisotopic (exact) mass is 308 g/mol. The average Bonchev–Trinajstić information content (AvgIpc) is 2.23. The summed E-state index contributed by atoms with van der Waals surface area (Å²) in [4.78, 5) is 10.6. The summed E-state index contributed by atoms with van der Waals surface area (Å²) in [7, 11) is -1.56. The van der Waals surface area contributed by atoms with Crippen LogP contribution in [0.4, 0.5) is 4.39 Å². The standard InChI is InChI=1S/C10H10BrFO3S/c1-6(10(13)14)16(15)5-7-3-2-4-8(12)9(7)11/h2-4,6H,5H2,1H3,(H,13,14). The van der Waals surface area contributed by atoms with Crippen molar-refractivity contribution in [3.8, 4) is 0 Å². The maximum Gasteiger partial charge on any atom is 0.318 e. The lowest BCUT2D eigenvalue weighted by Gasteiger charge is -2.08. The van der Waals surface area contributed by atoms with Crippen LogP contribution in [-0.4, -0.2) is 20.5 Å². The molecule has 16 heavy (non-hydrogen) atoms. The van der Waals surface area contributed by atoms with E-state index < -0.39 is 27.8 Å². The molecular weight excluding hydrogens is 299 g/mol. The molecule has 0 saturated heterocycles. The van der Waals surface area contributed by atoms with Gasteiger partial charge in [-0.05, 0) is 34.5 Å². The molecule has 0 radical (unpaired) electrons. The van der Waals surface area contributed by atoms with E-state index >= 15 is 0 Å². The second-order valence-corrected chi connectivity index (χ2v) is 5.77. The highest BCUT2D eigenvalue weighted by molar-refractivity contribution is 9.10. The first kappa shape index (κ1) is 13.3. The van der Waals surface area contributed by atoms with Crippen molar-refractivity contribution < 1.29 is 18.5 Å². The van der Waals surface area contributed by atoms with Crippen molar-refractivity contribution in [3.63, 3.8) is 0 Å². The molecule has 0 aliphatic carbocycles. The van der Waals surface area contributed by atoms with Crippen LogP contribution in [0.2, 0.25) is 0 Å². The minimum atomic E-state index is -1.56. The lowest BCUT2D eigenvalue weighted by Crippen LogP contribution is -2.23. The molecule has 2 atom stereocenters. The van der Waals surface area contributed by atoms with Crippen LogP contribution in [0.3, 0.4) is 0 Å². The van der Waals surface area contributed by atoms with Gasteiger partial charge in [0, 0.05) is 10.8 Å². The number of halogens is 2. The van der Waals surface area contributed by atoms with Crippen molar-refractivity contribution in [1.82, 2.24) is 0 Å². The number of carbonyl (C=O) groups is 1. The first-order valence-corrected chi connectivity index (χ1v) is 6.64. The quantitative estimate of drug-likeness (QED) is 0.928. The van der Waals surface area contributed by atoms with Gasteiger partial charge in [-0.1, -0.05) is 12.1 Å². The molecule has 6 heteroatoms. The van der Waals surface area contributed by atoms with Gasteiger partial charge in [0.25, 0.3) is 0 Å². The first-order chi connectivity index (χ1) is 7.43. The topological polar surface area (TPSA) is 54.4 Å². The summed E-state index contributed by atoms with van der Waals surface area (Å²) in [6.45, 7) is 1.37. The number of hydrogen-bond donors (Lipinski definition) is 1. The molecule has 0 fully saturated rings. The molecule has 1 aromatic carbocycles. The summed E-state index contributed by atoms with van der Waals surface area (Å²) < 4.78 is 25.0. The molecule has 0 bridgehead atoms. The van der Waals surface area contributed by atoms with Crippen LogP contribution in [0.1, 0.15) is 12.5 Å². The minimum absolute atomic E-state index is 0.0197. The Labute approximate surface area is 103 Å². The zero-order chi connectivity index (χ0) is 12.3. The van der Waals surface area contributed by atoms with E-state index in [4.69, 9.17) is 5.11 Å². The Morgan fingerprint density at radius 2 is 2.25 bits per heavy atom. The van der Waals surface area contributed by atoms with Crippen molar-refractivity contribution in [2.24, 2.45) is 0 Å². The number of benzene rings is 1. The smallest absolute Gasteiger partial charge is 0.318 e. The SMILES string of the molecule is CC(C(=O)O)S(=O)Cc1cccc(F)c1Br. The third-order valence-corrected chi connectivity index (χ3v) is 4.55. The highest BCUT2D eigenvalue weighted by Gasteiger charge is 2.20. The molecule has 1 rings (SSSR count). The number of aliphatic carboxylic acids is 1. The molecule has 0 saturated carbocycles. The van der Waals surface area contributed by atoms with E-state index in [0.717, 1.165) is 0 Å². The number of carboxylic acids is 1. The third kappa shape index (κ3) is 3.12. The van der Waals surface area contributed by atoms with Crippen molar-refractivity contribution in [1.29, 1.82) is 0 Å². The molecule has 3 nitrogen and oxygen atoms in total. The van der Waals surface area contributed by atoms with Gasteiger partial charge < -0.3 is 5.11 Å². The van der Waals surface area contributed by atoms with E-state index in [1.165, 1.54) is 19.1 Å². The molecule has 0 aromatic heterocycles. The van der Waals surface area contributed by atoms with Gasteiger partial charge in [-0.2, -0.15) is 0 Å². The molecular formula is C10H10BrFO3S.